The van der Waals surface area contributed by atoms with Crippen LogP contribution in [0.5, 0.6) is 0 Å². The van der Waals surface area contributed by atoms with E-state index < -0.39 is 23.9 Å². The van der Waals surface area contributed by atoms with Crippen LogP contribution in [0.25, 0.3) is 0 Å². The Morgan fingerprint density at radius 1 is 1.21 bits per heavy atom. The van der Waals surface area contributed by atoms with Crippen LogP contribution in [0.3, 0.4) is 0 Å². The SMILES string of the molecule is O=C1CCCN1CCN1C[C@@H](O)C[C@H]1c1ccccc1C(F)(F)F. The fraction of sp³-hybridized carbons (Fsp3) is 0.588. The molecule has 1 aromatic rings. The van der Waals surface area contributed by atoms with Crippen LogP contribution in [-0.4, -0.2) is 53.1 Å². The van der Waals surface area contributed by atoms with Crippen LogP contribution in [-0.2, 0) is 11.0 Å². The number of likely N-dealkylation sites (tertiary alicyclic amines) is 2. The molecule has 1 amide bonds. The molecule has 1 N–H and O–H groups in total. The molecule has 2 atom stereocenters. The van der Waals surface area contributed by atoms with E-state index in [2.05, 4.69) is 0 Å². The van der Waals surface area contributed by atoms with Crippen LogP contribution >= 0.6 is 0 Å². The van der Waals surface area contributed by atoms with Crippen LogP contribution < -0.4 is 0 Å². The molecule has 1 aromatic carbocycles. The Kier molecular flexibility index (Phi) is 4.83. The number of carbonyl (C=O) groups excluding carboxylic acids is 1. The molecule has 3 rings (SSSR count). The molecule has 0 aliphatic carbocycles. The summed E-state index contributed by atoms with van der Waals surface area (Å²) >= 11 is 0. The fourth-order valence-corrected chi connectivity index (χ4v) is 3.69. The van der Waals surface area contributed by atoms with E-state index in [1.54, 1.807) is 11.0 Å². The lowest BCUT2D eigenvalue weighted by Gasteiger charge is -2.28. The minimum absolute atomic E-state index is 0.0991. The van der Waals surface area contributed by atoms with Crippen molar-refractivity contribution in [2.24, 2.45) is 0 Å². The first-order chi connectivity index (χ1) is 11.4. The molecule has 132 valence electrons. The molecule has 4 nitrogen and oxygen atoms in total. The van der Waals surface area contributed by atoms with Crippen molar-refractivity contribution < 1.29 is 23.1 Å². The maximum absolute atomic E-state index is 13.3. The van der Waals surface area contributed by atoms with Crippen molar-refractivity contribution in [1.29, 1.82) is 0 Å². The first kappa shape index (κ1) is 17.2. The van der Waals surface area contributed by atoms with Gasteiger partial charge in [-0.1, -0.05) is 18.2 Å². The minimum Gasteiger partial charge on any atom is -0.392 e. The number of benzene rings is 1. The summed E-state index contributed by atoms with van der Waals surface area (Å²) < 4.78 is 39.8. The second-order valence-electron chi connectivity index (χ2n) is 6.47. The van der Waals surface area contributed by atoms with Gasteiger partial charge in [-0.3, -0.25) is 9.69 Å². The van der Waals surface area contributed by atoms with E-state index in [1.165, 1.54) is 12.1 Å². The van der Waals surface area contributed by atoms with E-state index in [9.17, 15) is 23.1 Å². The van der Waals surface area contributed by atoms with Gasteiger partial charge >= 0.3 is 6.18 Å². The van der Waals surface area contributed by atoms with Crippen molar-refractivity contribution in [2.75, 3.05) is 26.2 Å². The lowest BCUT2D eigenvalue weighted by molar-refractivity contribution is -0.138. The van der Waals surface area contributed by atoms with E-state index in [0.29, 0.717) is 32.6 Å². The molecule has 0 aromatic heterocycles. The van der Waals surface area contributed by atoms with Gasteiger partial charge < -0.3 is 10.0 Å². The molecule has 2 fully saturated rings. The Morgan fingerprint density at radius 2 is 1.96 bits per heavy atom. The maximum Gasteiger partial charge on any atom is 0.416 e. The van der Waals surface area contributed by atoms with Crippen LogP contribution in [0.15, 0.2) is 24.3 Å². The summed E-state index contributed by atoms with van der Waals surface area (Å²) in [6.45, 7) is 2.01. The third-order valence-electron chi connectivity index (χ3n) is 4.84. The van der Waals surface area contributed by atoms with E-state index in [-0.39, 0.29) is 17.9 Å². The van der Waals surface area contributed by atoms with E-state index >= 15 is 0 Å². The summed E-state index contributed by atoms with van der Waals surface area (Å²) in [4.78, 5) is 15.3. The molecule has 0 bridgehead atoms. The van der Waals surface area contributed by atoms with Crippen molar-refractivity contribution in [3.63, 3.8) is 0 Å². The predicted molar refractivity (Wildman–Crippen MR) is 82.2 cm³/mol. The summed E-state index contributed by atoms with van der Waals surface area (Å²) in [5.41, 5.74) is -0.444. The first-order valence-corrected chi connectivity index (χ1v) is 8.22. The Bertz CT molecular complexity index is 606. The highest BCUT2D eigenvalue weighted by molar-refractivity contribution is 5.78. The topological polar surface area (TPSA) is 43.8 Å². The highest BCUT2D eigenvalue weighted by Gasteiger charge is 2.39. The van der Waals surface area contributed by atoms with E-state index in [1.807, 2.05) is 4.90 Å². The summed E-state index contributed by atoms with van der Waals surface area (Å²) in [6.07, 6.45) is -3.41. The van der Waals surface area contributed by atoms with Crippen molar-refractivity contribution in [3.05, 3.63) is 35.4 Å². The molecular formula is C17H21F3N2O2. The number of β-amino-alcohol motifs (C(OH)–C–C–N with tert-alkyl or cyclic N) is 1. The Labute approximate surface area is 138 Å². The molecule has 2 saturated heterocycles. The summed E-state index contributed by atoms with van der Waals surface area (Å²) in [5.74, 6) is 0.0991. The van der Waals surface area contributed by atoms with E-state index in [4.69, 9.17) is 0 Å². The van der Waals surface area contributed by atoms with Crippen LogP contribution in [0.1, 0.15) is 36.4 Å². The third-order valence-corrected chi connectivity index (χ3v) is 4.84. The molecule has 0 radical (unpaired) electrons. The summed E-state index contributed by atoms with van der Waals surface area (Å²) in [5, 5.41) is 9.97. The van der Waals surface area contributed by atoms with Gasteiger partial charge in [0.1, 0.15) is 0 Å². The molecule has 24 heavy (non-hydrogen) atoms. The van der Waals surface area contributed by atoms with Crippen LogP contribution in [0.4, 0.5) is 13.2 Å². The average molecular weight is 342 g/mol. The molecule has 7 heteroatoms. The Hall–Kier alpha value is -1.60. The number of hydrogen-bond acceptors (Lipinski definition) is 3. The van der Waals surface area contributed by atoms with Crippen molar-refractivity contribution in [1.82, 2.24) is 9.80 Å². The van der Waals surface area contributed by atoms with E-state index in [0.717, 1.165) is 12.5 Å². The monoisotopic (exact) mass is 342 g/mol. The van der Waals surface area contributed by atoms with Gasteiger partial charge in [0.2, 0.25) is 5.91 Å². The number of amides is 1. The number of rotatable bonds is 4. The van der Waals surface area contributed by atoms with Gasteiger partial charge in [-0.05, 0) is 24.5 Å². The average Bonchev–Trinajstić information content (AvgIpc) is 3.10. The number of hydrogen-bond donors (Lipinski definition) is 1. The third kappa shape index (κ3) is 3.57. The largest absolute Gasteiger partial charge is 0.416 e. The normalized spacial score (nSPS) is 25.7. The lowest BCUT2D eigenvalue weighted by Crippen LogP contribution is -2.36. The predicted octanol–water partition coefficient (Wildman–Crippen LogP) is 2.44. The number of alkyl halides is 3. The zero-order valence-electron chi connectivity index (χ0n) is 13.3. The van der Waals surface area contributed by atoms with Gasteiger partial charge in [-0.15, -0.1) is 0 Å². The maximum atomic E-state index is 13.3. The highest BCUT2D eigenvalue weighted by atomic mass is 19.4. The highest BCUT2D eigenvalue weighted by Crippen LogP contribution is 2.40. The second-order valence-corrected chi connectivity index (χ2v) is 6.47. The van der Waals surface area contributed by atoms with Gasteiger partial charge in [0.25, 0.3) is 0 Å². The number of nitrogens with zero attached hydrogens (tertiary/aromatic N) is 2. The van der Waals surface area contributed by atoms with Gasteiger partial charge in [0.05, 0.1) is 11.7 Å². The number of aliphatic hydroxyl groups is 1. The van der Waals surface area contributed by atoms with Gasteiger partial charge in [0.15, 0.2) is 0 Å². The lowest BCUT2D eigenvalue weighted by atomic mass is 9.97. The van der Waals surface area contributed by atoms with Gasteiger partial charge in [-0.25, -0.2) is 0 Å². The smallest absolute Gasteiger partial charge is 0.392 e. The van der Waals surface area contributed by atoms with Gasteiger partial charge in [0, 0.05) is 38.6 Å². The fourth-order valence-electron chi connectivity index (χ4n) is 3.69. The minimum atomic E-state index is -4.42. The molecule has 2 heterocycles. The van der Waals surface area contributed by atoms with Crippen LogP contribution in [0.2, 0.25) is 0 Å². The summed E-state index contributed by atoms with van der Waals surface area (Å²) in [7, 11) is 0. The molecule has 2 aliphatic rings. The molecule has 0 unspecified atom stereocenters. The Balaban J connectivity index is 1.77. The molecule has 0 spiro atoms. The number of carbonyl (C=O) groups is 1. The van der Waals surface area contributed by atoms with Crippen LogP contribution in [0, 0.1) is 0 Å². The van der Waals surface area contributed by atoms with Crippen molar-refractivity contribution in [2.45, 2.75) is 37.6 Å². The number of halogens is 3. The van der Waals surface area contributed by atoms with Crippen molar-refractivity contribution >= 4 is 5.91 Å². The zero-order valence-corrected chi connectivity index (χ0v) is 13.3. The Morgan fingerprint density at radius 3 is 2.62 bits per heavy atom. The second kappa shape index (κ2) is 6.72. The molecular weight excluding hydrogens is 321 g/mol. The van der Waals surface area contributed by atoms with Crippen molar-refractivity contribution in [3.8, 4) is 0 Å². The first-order valence-electron chi connectivity index (χ1n) is 8.22. The number of aliphatic hydroxyl groups excluding tert-OH is 1. The zero-order chi connectivity index (χ0) is 17.3. The molecule has 2 aliphatic heterocycles. The standard InChI is InChI=1S/C17H21F3N2O2/c18-17(19,20)14-5-2-1-4-13(14)15-10-12(23)11-22(15)9-8-21-7-3-6-16(21)24/h1-2,4-5,12,15,23H,3,6-11H2/t12-,15-/m0/s1. The summed E-state index contributed by atoms with van der Waals surface area (Å²) in [6, 6.07) is 5.07. The quantitative estimate of drug-likeness (QED) is 0.914. The molecule has 0 saturated carbocycles. The van der Waals surface area contributed by atoms with Gasteiger partial charge in [-0.2, -0.15) is 13.2 Å².